The first-order valence-electron chi connectivity index (χ1n) is 4.81. The largest absolute Gasteiger partial charge is 0.271 e. The molecular formula is C10H12BrN3S2. The van der Waals surface area contributed by atoms with E-state index in [1.54, 1.807) is 22.7 Å². The molecule has 0 saturated heterocycles. The Balaban J connectivity index is 2.12. The number of nitrogens with zero attached hydrogens (tertiary/aromatic N) is 1. The molecule has 3 nitrogen and oxygen atoms in total. The van der Waals surface area contributed by atoms with Gasteiger partial charge in [0.25, 0.3) is 0 Å². The van der Waals surface area contributed by atoms with Crippen LogP contribution in [0.25, 0.3) is 0 Å². The molecule has 0 aliphatic heterocycles. The topological polar surface area (TPSA) is 50.9 Å². The molecule has 0 aliphatic rings. The Labute approximate surface area is 111 Å². The molecule has 0 aliphatic carbocycles. The number of nitrogens with two attached hydrogens (primary N) is 1. The van der Waals surface area contributed by atoms with Crippen molar-refractivity contribution in [2.75, 3.05) is 0 Å². The van der Waals surface area contributed by atoms with Gasteiger partial charge in [-0.25, -0.2) is 4.98 Å². The SMILES string of the molecule is Cc1nc(C(Cc2ccc(Br)s2)NN)cs1. The van der Waals surface area contributed by atoms with Gasteiger partial charge in [0.05, 0.1) is 20.5 Å². The highest BCUT2D eigenvalue weighted by Crippen LogP contribution is 2.27. The van der Waals surface area contributed by atoms with E-state index in [0.717, 1.165) is 20.9 Å². The maximum absolute atomic E-state index is 5.58. The second-order valence-electron chi connectivity index (χ2n) is 3.42. The normalized spacial score (nSPS) is 12.9. The Morgan fingerprint density at radius 3 is 2.88 bits per heavy atom. The van der Waals surface area contributed by atoms with E-state index in [4.69, 9.17) is 5.84 Å². The fourth-order valence-corrected chi connectivity index (χ4v) is 3.65. The molecule has 0 saturated carbocycles. The second-order valence-corrected chi connectivity index (χ2v) is 7.03. The van der Waals surface area contributed by atoms with E-state index in [1.807, 2.05) is 6.92 Å². The fourth-order valence-electron chi connectivity index (χ4n) is 1.45. The van der Waals surface area contributed by atoms with E-state index in [1.165, 1.54) is 4.88 Å². The predicted octanol–water partition coefficient (Wildman–Crippen LogP) is 3.02. The summed E-state index contributed by atoms with van der Waals surface area (Å²) in [6, 6.07) is 4.26. The number of rotatable bonds is 4. The van der Waals surface area contributed by atoms with Crippen LogP contribution in [0, 0.1) is 6.92 Å². The zero-order valence-corrected chi connectivity index (χ0v) is 12.0. The third-order valence-corrected chi connectivity index (χ3v) is 4.67. The molecule has 2 aromatic rings. The van der Waals surface area contributed by atoms with Gasteiger partial charge in [0, 0.05) is 16.7 Å². The lowest BCUT2D eigenvalue weighted by atomic mass is 10.1. The minimum absolute atomic E-state index is 0.0931. The zero-order valence-electron chi connectivity index (χ0n) is 8.74. The van der Waals surface area contributed by atoms with Crippen molar-refractivity contribution in [3.63, 3.8) is 0 Å². The first-order valence-corrected chi connectivity index (χ1v) is 7.30. The van der Waals surface area contributed by atoms with Crippen molar-refractivity contribution in [2.45, 2.75) is 19.4 Å². The highest BCUT2D eigenvalue weighted by molar-refractivity contribution is 9.11. The molecule has 6 heteroatoms. The lowest BCUT2D eigenvalue weighted by Gasteiger charge is -2.11. The smallest absolute Gasteiger partial charge is 0.0898 e. The quantitative estimate of drug-likeness (QED) is 0.673. The summed E-state index contributed by atoms with van der Waals surface area (Å²) in [5.41, 5.74) is 3.85. The molecule has 2 rings (SSSR count). The molecule has 0 aromatic carbocycles. The van der Waals surface area contributed by atoms with Gasteiger partial charge in [-0.15, -0.1) is 22.7 Å². The number of nitrogens with one attached hydrogen (secondary N) is 1. The highest BCUT2D eigenvalue weighted by atomic mass is 79.9. The fraction of sp³-hybridized carbons (Fsp3) is 0.300. The highest BCUT2D eigenvalue weighted by Gasteiger charge is 2.14. The summed E-state index contributed by atoms with van der Waals surface area (Å²) in [4.78, 5) is 5.75. The maximum atomic E-state index is 5.58. The average Bonchev–Trinajstić information content (AvgIpc) is 2.84. The van der Waals surface area contributed by atoms with Gasteiger partial charge in [0.15, 0.2) is 0 Å². The number of hydrogen-bond donors (Lipinski definition) is 2. The maximum Gasteiger partial charge on any atom is 0.0898 e. The Morgan fingerprint density at radius 1 is 1.56 bits per heavy atom. The number of hydrogen-bond acceptors (Lipinski definition) is 5. The van der Waals surface area contributed by atoms with Crippen LogP contribution in [0.4, 0.5) is 0 Å². The van der Waals surface area contributed by atoms with Gasteiger partial charge in [-0.3, -0.25) is 11.3 Å². The average molecular weight is 318 g/mol. The number of aryl methyl sites for hydroxylation is 1. The lowest BCUT2D eigenvalue weighted by molar-refractivity contribution is 0.544. The van der Waals surface area contributed by atoms with E-state index in [2.05, 4.69) is 43.9 Å². The molecular weight excluding hydrogens is 306 g/mol. The van der Waals surface area contributed by atoms with E-state index in [-0.39, 0.29) is 6.04 Å². The zero-order chi connectivity index (χ0) is 11.5. The van der Waals surface area contributed by atoms with Gasteiger partial charge in [0.1, 0.15) is 0 Å². The Kier molecular flexibility index (Phi) is 4.10. The summed E-state index contributed by atoms with van der Waals surface area (Å²) in [5, 5.41) is 3.13. The van der Waals surface area contributed by atoms with Crippen molar-refractivity contribution in [3.8, 4) is 0 Å². The number of thiazole rings is 1. The molecule has 1 unspecified atom stereocenters. The van der Waals surface area contributed by atoms with E-state index >= 15 is 0 Å². The molecule has 0 radical (unpaired) electrons. The molecule has 0 bridgehead atoms. The van der Waals surface area contributed by atoms with Crippen molar-refractivity contribution in [1.29, 1.82) is 0 Å². The predicted molar refractivity (Wildman–Crippen MR) is 72.6 cm³/mol. The summed E-state index contributed by atoms with van der Waals surface area (Å²) in [5.74, 6) is 5.58. The van der Waals surface area contributed by atoms with Gasteiger partial charge in [-0.05, 0) is 35.0 Å². The number of hydrazine groups is 1. The molecule has 2 aromatic heterocycles. The van der Waals surface area contributed by atoms with Crippen molar-refractivity contribution in [1.82, 2.24) is 10.4 Å². The molecule has 16 heavy (non-hydrogen) atoms. The van der Waals surface area contributed by atoms with Crippen LogP contribution < -0.4 is 11.3 Å². The molecule has 0 spiro atoms. The van der Waals surface area contributed by atoms with Crippen LogP contribution in [0.15, 0.2) is 21.3 Å². The first kappa shape index (κ1) is 12.2. The van der Waals surface area contributed by atoms with Crippen LogP contribution in [0.1, 0.15) is 21.6 Å². The van der Waals surface area contributed by atoms with E-state index in [9.17, 15) is 0 Å². The van der Waals surface area contributed by atoms with Crippen molar-refractivity contribution in [2.24, 2.45) is 5.84 Å². The standard InChI is InChI=1S/C10H12BrN3S2/c1-6-13-9(5-15-6)8(14-12)4-7-2-3-10(11)16-7/h2-3,5,8,14H,4,12H2,1H3. The van der Waals surface area contributed by atoms with Crippen molar-refractivity contribution >= 4 is 38.6 Å². The van der Waals surface area contributed by atoms with Crippen molar-refractivity contribution in [3.05, 3.63) is 36.9 Å². The van der Waals surface area contributed by atoms with Crippen LogP contribution in [-0.4, -0.2) is 4.98 Å². The molecule has 0 amide bonds. The minimum atomic E-state index is 0.0931. The van der Waals surface area contributed by atoms with Gasteiger partial charge in [-0.1, -0.05) is 0 Å². The molecule has 3 N–H and O–H groups in total. The van der Waals surface area contributed by atoms with Gasteiger partial charge >= 0.3 is 0 Å². The summed E-state index contributed by atoms with van der Waals surface area (Å²) in [6.45, 7) is 2.00. The molecule has 86 valence electrons. The van der Waals surface area contributed by atoms with Gasteiger partial charge < -0.3 is 0 Å². The number of halogens is 1. The Hall–Kier alpha value is -0.270. The van der Waals surface area contributed by atoms with Crippen molar-refractivity contribution < 1.29 is 0 Å². The van der Waals surface area contributed by atoms with Crippen LogP contribution in [0.5, 0.6) is 0 Å². The third kappa shape index (κ3) is 2.89. The Bertz CT molecular complexity index is 466. The molecule has 2 heterocycles. The number of thiophene rings is 1. The molecule has 1 atom stereocenters. The molecule has 0 fully saturated rings. The summed E-state index contributed by atoms with van der Waals surface area (Å²) in [7, 11) is 0. The van der Waals surface area contributed by atoms with Gasteiger partial charge in [-0.2, -0.15) is 0 Å². The first-order chi connectivity index (χ1) is 7.69. The van der Waals surface area contributed by atoms with Crippen LogP contribution in [0.3, 0.4) is 0 Å². The van der Waals surface area contributed by atoms with Crippen LogP contribution in [0.2, 0.25) is 0 Å². The number of aromatic nitrogens is 1. The third-order valence-electron chi connectivity index (χ3n) is 2.23. The Morgan fingerprint density at radius 2 is 2.38 bits per heavy atom. The summed E-state index contributed by atoms with van der Waals surface area (Å²) in [6.07, 6.45) is 0.871. The summed E-state index contributed by atoms with van der Waals surface area (Å²) >= 11 is 6.84. The second kappa shape index (κ2) is 5.37. The van der Waals surface area contributed by atoms with E-state index < -0.39 is 0 Å². The van der Waals surface area contributed by atoms with Crippen LogP contribution in [-0.2, 0) is 6.42 Å². The summed E-state index contributed by atoms with van der Waals surface area (Å²) < 4.78 is 1.15. The van der Waals surface area contributed by atoms with Crippen LogP contribution >= 0.6 is 38.6 Å². The lowest BCUT2D eigenvalue weighted by Crippen LogP contribution is -2.29. The minimum Gasteiger partial charge on any atom is -0.271 e. The monoisotopic (exact) mass is 317 g/mol. The van der Waals surface area contributed by atoms with Gasteiger partial charge in [0.2, 0.25) is 0 Å². The van der Waals surface area contributed by atoms with E-state index in [0.29, 0.717) is 0 Å².